The molecular formula is C26H48O6. The average molecular weight is 457 g/mol. The van der Waals surface area contributed by atoms with Crippen LogP contribution in [0.25, 0.3) is 0 Å². The number of hydrogen-bond donors (Lipinski definition) is 3. The summed E-state index contributed by atoms with van der Waals surface area (Å²) in [4.78, 5) is 35.8. The SMILES string of the molecule is CCCCCCCCCCCCCCCCCC(=O)C(O)(C(=O)CCC(C)=O)C(O)CO. The first kappa shape index (κ1) is 30.9. The minimum Gasteiger partial charge on any atom is -0.394 e. The first-order valence-corrected chi connectivity index (χ1v) is 12.9. The first-order valence-electron chi connectivity index (χ1n) is 12.9. The topological polar surface area (TPSA) is 112 Å². The molecule has 188 valence electrons. The van der Waals surface area contributed by atoms with Gasteiger partial charge >= 0.3 is 0 Å². The lowest BCUT2D eigenvalue weighted by Crippen LogP contribution is -2.57. The van der Waals surface area contributed by atoms with Gasteiger partial charge < -0.3 is 20.1 Å². The maximum absolute atomic E-state index is 12.5. The molecule has 0 radical (unpaired) electrons. The second kappa shape index (κ2) is 19.4. The van der Waals surface area contributed by atoms with E-state index in [1.807, 2.05) is 0 Å². The number of carbonyl (C=O) groups is 3. The molecule has 0 aromatic rings. The molecule has 6 nitrogen and oxygen atoms in total. The van der Waals surface area contributed by atoms with Crippen LogP contribution in [0.4, 0.5) is 0 Å². The lowest BCUT2D eigenvalue weighted by Gasteiger charge is -2.29. The zero-order valence-electron chi connectivity index (χ0n) is 20.6. The van der Waals surface area contributed by atoms with Gasteiger partial charge in [0.25, 0.3) is 0 Å². The van der Waals surface area contributed by atoms with Crippen molar-refractivity contribution in [2.45, 2.75) is 141 Å². The fourth-order valence-corrected chi connectivity index (χ4v) is 3.99. The van der Waals surface area contributed by atoms with Crippen LogP contribution in [-0.4, -0.2) is 51.0 Å². The highest BCUT2D eigenvalue weighted by atomic mass is 16.4. The Morgan fingerprint density at radius 3 is 1.41 bits per heavy atom. The third kappa shape index (κ3) is 13.4. The van der Waals surface area contributed by atoms with Gasteiger partial charge in [0, 0.05) is 19.3 Å². The van der Waals surface area contributed by atoms with Crippen LogP contribution in [-0.2, 0) is 14.4 Å². The minimum atomic E-state index is -2.62. The zero-order chi connectivity index (χ0) is 24.2. The average Bonchev–Trinajstić information content (AvgIpc) is 2.78. The standard InChI is InChI=1S/C26H48O6/c1-3-4-5-6-7-8-9-10-11-12-13-14-15-16-17-18-23(29)26(32,25(31)21-27)24(30)20-19-22(2)28/h25,27,31-32H,3-21H2,1-2H3. The van der Waals surface area contributed by atoms with Crippen molar-refractivity contribution in [2.75, 3.05) is 6.61 Å². The molecule has 0 aromatic heterocycles. The Kier molecular flexibility index (Phi) is 18.7. The lowest BCUT2D eigenvalue weighted by atomic mass is 9.83. The highest BCUT2D eigenvalue weighted by molar-refractivity contribution is 6.11. The number of unbranched alkanes of at least 4 members (excludes halogenated alkanes) is 14. The molecule has 2 unspecified atom stereocenters. The van der Waals surface area contributed by atoms with E-state index in [2.05, 4.69) is 6.92 Å². The lowest BCUT2D eigenvalue weighted by molar-refractivity contribution is -0.166. The Hall–Kier alpha value is -1.11. The fraction of sp³-hybridized carbons (Fsp3) is 0.885. The van der Waals surface area contributed by atoms with Gasteiger partial charge in [0.15, 0.2) is 11.6 Å². The summed E-state index contributed by atoms with van der Waals surface area (Å²) in [5.74, 6) is -1.92. The van der Waals surface area contributed by atoms with E-state index in [1.54, 1.807) is 0 Å². The van der Waals surface area contributed by atoms with Crippen molar-refractivity contribution in [2.24, 2.45) is 0 Å². The first-order chi connectivity index (χ1) is 15.3. The van der Waals surface area contributed by atoms with Gasteiger partial charge in [0.05, 0.1) is 6.61 Å². The van der Waals surface area contributed by atoms with Gasteiger partial charge in [-0.15, -0.1) is 0 Å². The zero-order valence-corrected chi connectivity index (χ0v) is 20.6. The summed E-state index contributed by atoms with van der Waals surface area (Å²) in [6, 6.07) is 0. The number of hydrogen-bond acceptors (Lipinski definition) is 6. The molecule has 0 fully saturated rings. The summed E-state index contributed by atoms with van der Waals surface area (Å²) in [5.41, 5.74) is -2.62. The molecule has 32 heavy (non-hydrogen) atoms. The van der Waals surface area contributed by atoms with Gasteiger partial charge in [-0.3, -0.25) is 9.59 Å². The number of ketones is 3. The maximum Gasteiger partial charge on any atom is 0.209 e. The van der Waals surface area contributed by atoms with Gasteiger partial charge in [0.1, 0.15) is 11.9 Å². The molecule has 3 N–H and O–H groups in total. The van der Waals surface area contributed by atoms with Crippen LogP contribution in [0.5, 0.6) is 0 Å². The second-order valence-electron chi connectivity index (χ2n) is 9.21. The summed E-state index contributed by atoms with van der Waals surface area (Å²) in [6.07, 6.45) is 15.6. The highest BCUT2D eigenvalue weighted by Crippen LogP contribution is 2.21. The number of rotatable bonds is 23. The summed E-state index contributed by atoms with van der Waals surface area (Å²) < 4.78 is 0. The van der Waals surface area contributed by atoms with E-state index < -0.39 is 29.9 Å². The number of aliphatic hydroxyl groups excluding tert-OH is 2. The van der Waals surface area contributed by atoms with Crippen LogP contribution < -0.4 is 0 Å². The van der Waals surface area contributed by atoms with Crippen LogP contribution in [0.2, 0.25) is 0 Å². The Bertz CT molecular complexity index is 518. The van der Waals surface area contributed by atoms with Crippen molar-refractivity contribution in [1.29, 1.82) is 0 Å². The molecule has 0 aliphatic heterocycles. The molecule has 0 spiro atoms. The molecule has 0 aliphatic rings. The Balaban J connectivity index is 3.92. The van der Waals surface area contributed by atoms with E-state index in [-0.39, 0.29) is 25.0 Å². The molecule has 0 saturated heterocycles. The van der Waals surface area contributed by atoms with E-state index in [9.17, 15) is 24.6 Å². The van der Waals surface area contributed by atoms with E-state index in [1.165, 1.54) is 77.6 Å². The van der Waals surface area contributed by atoms with Crippen LogP contribution in [0.3, 0.4) is 0 Å². The van der Waals surface area contributed by atoms with E-state index >= 15 is 0 Å². The molecule has 0 saturated carbocycles. The Labute approximate surface area is 195 Å². The number of carbonyl (C=O) groups excluding carboxylic acids is 3. The summed E-state index contributed by atoms with van der Waals surface area (Å²) in [7, 11) is 0. The molecule has 0 aromatic carbocycles. The van der Waals surface area contributed by atoms with E-state index in [0.717, 1.165) is 19.3 Å². The molecule has 0 heterocycles. The van der Waals surface area contributed by atoms with Crippen molar-refractivity contribution in [3.63, 3.8) is 0 Å². The molecule has 0 amide bonds. The van der Waals surface area contributed by atoms with Gasteiger partial charge in [-0.05, 0) is 13.3 Å². The fourth-order valence-electron chi connectivity index (χ4n) is 3.99. The van der Waals surface area contributed by atoms with E-state index in [4.69, 9.17) is 5.11 Å². The number of aliphatic hydroxyl groups is 3. The van der Waals surface area contributed by atoms with Gasteiger partial charge in [-0.1, -0.05) is 96.8 Å². The third-order valence-corrected chi connectivity index (χ3v) is 6.22. The normalized spacial score (nSPS) is 14.2. The monoisotopic (exact) mass is 456 g/mol. The maximum atomic E-state index is 12.5. The second-order valence-corrected chi connectivity index (χ2v) is 9.21. The Morgan fingerprint density at radius 1 is 0.656 bits per heavy atom. The number of Topliss-reactive ketones (excluding diaryl/α,β-unsaturated/α-hetero) is 3. The van der Waals surface area contributed by atoms with Crippen molar-refractivity contribution < 1.29 is 29.7 Å². The minimum absolute atomic E-state index is 0.0301. The molecule has 0 bridgehead atoms. The van der Waals surface area contributed by atoms with Crippen LogP contribution >= 0.6 is 0 Å². The van der Waals surface area contributed by atoms with Gasteiger partial charge in [0.2, 0.25) is 5.60 Å². The molecular weight excluding hydrogens is 408 g/mol. The van der Waals surface area contributed by atoms with Gasteiger partial charge in [-0.2, -0.15) is 0 Å². The quantitative estimate of drug-likeness (QED) is 0.150. The Morgan fingerprint density at radius 2 is 1.03 bits per heavy atom. The molecule has 6 heteroatoms. The predicted octanol–water partition coefficient (Wildman–Crippen LogP) is 4.84. The molecule has 2 atom stereocenters. The van der Waals surface area contributed by atoms with Crippen molar-refractivity contribution in [3.8, 4) is 0 Å². The summed E-state index contributed by atoms with van der Waals surface area (Å²) in [6.45, 7) is 2.66. The van der Waals surface area contributed by atoms with Crippen molar-refractivity contribution in [3.05, 3.63) is 0 Å². The highest BCUT2D eigenvalue weighted by Gasteiger charge is 2.48. The molecule has 0 rings (SSSR count). The predicted molar refractivity (Wildman–Crippen MR) is 128 cm³/mol. The van der Waals surface area contributed by atoms with Gasteiger partial charge in [-0.25, -0.2) is 0 Å². The summed E-state index contributed by atoms with van der Waals surface area (Å²) in [5, 5.41) is 29.6. The van der Waals surface area contributed by atoms with Crippen molar-refractivity contribution >= 4 is 17.3 Å². The molecule has 0 aliphatic carbocycles. The largest absolute Gasteiger partial charge is 0.394 e. The van der Waals surface area contributed by atoms with Crippen LogP contribution in [0.15, 0.2) is 0 Å². The van der Waals surface area contributed by atoms with Crippen LogP contribution in [0.1, 0.15) is 129 Å². The smallest absolute Gasteiger partial charge is 0.209 e. The van der Waals surface area contributed by atoms with Crippen molar-refractivity contribution in [1.82, 2.24) is 0 Å². The van der Waals surface area contributed by atoms with E-state index in [0.29, 0.717) is 6.42 Å². The summed E-state index contributed by atoms with van der Waals surface area (Å²) >= 11 is 0. The van der Waals surface area contributed by atoms with Crippen LogP contribution in [0, 0.1) is 0 Å². The third-order valence-electron chi connectivity index (χ3n) is 6.22.